The van der Waals surface area contributed by atoms with Gasteiger partial charge in [-0.2, -0.15) is 0 Å². The van der Waals surface area contributed by atoms with Gasteiger partial charge < -0.3 is 10.8 Å². The number of hydrogen-bond acceptors (Lipinski definition) is 4. The molecule has 2 unspecified atom stereocenters. The van der Waals surface area contributed by atoms with Gasteiger partial charge in [0.05, 0.1) is 16.7 Å². The third kappa shape index (κ3) is 4.41. The third-order valence-corrected chi connectivity index (χ3v) is 4.94. The largest absolute Gasteiger partial charge is 0.396 e. The Morgan fingerprint density at radius 1 is 1.47 bits per heavy atom. The highest BCUT2D eigenvalue weighted by Crippen LogP contribution is 2.26. The van der Waals surface area contributed by atoms with Gasteiger partial charge in [-0.05, 0) is 48.3 Å². The van der Waals surface area contributed by atoms with E-state index >= 15 is 0 Å². The van der Waals surface area contributed by atoms with E-state index in [0.29, 0.717) is 0 Å². The first-order valence-electron chi connectivity index (χ1n) is 5.58. The molecule has 0 saturated carbocycles. The highest BCUT2D eigenvalue weighted by atomic mass is 79.9. The van der Waals surface area contributed by atoms with Gasteiger partial charge in [-0.15, -0.1) is 0 Å². The van der Waals surface area contributed by atoms with Crippen LogP contribution in [-0.4, -0.2) is 25.7 Å². The second-order valence-electron chi connectivity index (χ2n) is 4.41. The normalized spacial score (nSPS) is 15.2. The molecular weight excluding hydrogens is 339 g/mol. The average Bonchev–Trinajstić information content (AvgIpc) is 2.20. The molecule has 8 heteroatoms. The molecule has 0 aliphatic heterocycles. The summed E-state index contributed by atoms with van der Waals surface area (Å²) >= 11 is 2.99. The Labute approximate surface area is 120 Å². The number of halogens is 2. The van der Waals surface area contributed by atoms with Crippen molar-refractivity contribution in [3.63, 3.8) is 0 Å². The first kappa shape index (κ1) is 16.4. The van der Waals surface area contributed by atoms with Gasteiger partial charge in [0.15, 0.2) is 0 Å². The molecule has 19 heavy (non-hydrogen) atoms. The van der Waals surface area contributed by atoms with E-state index in [2.05, 4.69) is 20.7 Å². The number of nitrogen functional groups attached to an aromatic ring is 1. The molecule has 1 rings (SSSR count). The summed E-state index contributed by atoms with van der Waals surface area (Å²) in [5, 5.41) is 9.21. The molecule has 0 aliphatic carbocycles. The molecule has 108 valence electrons. The first-order valence-corrected chi connectivity index (χ1v) is 7.86. The molecule has 0 saturated heterocycles. The molecule has 1 aromatic rings. The van der Waals surface area contributed by atoms with Gasteiger partial charge in [0, 0.05) is 10.5 Å². The quantitative estimate of drug-likeness (QED) is 0.700. The van der Waals surface area contributed by atoms with Crippen LogP contribution >= 0.6 is 15.9 Å². The molecule has 0 aromatic heterocycles. The van der Waals surface area contributed by atoms with E-state index in [9.17, 15) is 17.9 Å². The van der Waals surface area contributed by atoms with Crippen molar-refractivity contribution in [2.45, 2.75) is 37.3 Å². The fourth-order valence-electron chi connectivity index (χ4n) is 1.64. The topological polar surface area (TPSA) is 92.4 Å². The molecule has 0 aliphatic rings. The standard InChI is InChI=1S/C11H16BrFN2O3S/c1-6(3-7(2)16)15-19(17,18)11-5-10(14)9(13)4-8(11)12/h4-7,15-16H,3,14H2,1-2H3. The van der Waals surface area contributed by atoms with E-state index in [1.807, 2.05) is 0 Å². The van der Waals surface area contributed by atoms with E-state index in [4.69, 9.17) is 5.73 Å². The third-order valence-electron chi connectivity index (χ3n) is 2.39. The lowest BCUT2D eigenvalue weighted by molar-refractivity contribution is 0.175. The number of sulfonamides is 1. The van der Waals surface area contributed by atoms with Crippen LogP contribution in [0.15, 0.2) is 21.5 Å². The van der Waals surface area contributed by atoms with Gasteiger partial charge in [0.1, 0.15) is 5.82 Å². The molecule has 2 atom stereocenters. The second kappa shape index (κ2) is 6.17. The second-order valence-corrected chi connectivity index (χ2v) is 6.95. The lowest BCUT2D eigenvalue weighted by atomic mass is 10.2. The van der Waals surface area contributed by atoms with Gasteiger partial charge in [-0.3, -0.25) is 0 Å². The Bertz CT molecular complexity index is 563. The summed E-state index contributed by atoms with van der Waals surface area (Å²) < 4.78 is 39.9. The molecule has 0 amide bonds. The zero-order valence-corrected chi connectivity index (χ0v) is 12.9. The van der Waals surface area contributed by atoms with Crippen molar-refractivity contribution < 1.29 is 17.9 Å². The van der Waals surface area contributed by atoms with Crippen LogP contribution in [0.3, 0.4) is 0 Å². The van der Waals surface area contributed by atoms with E-state index in [-0.39, 0.29) is 21.5 Å². The van der Waals surface area contributed by atoms with E-state index in [0.717, 1.165) is 12.1 Å². The van der Waals surface area contributed by atoms with Crippen molar-refractivity contribution >= 4 is 31.6 Å². The van der Waals surface area contributed by atoms with Gasteiger partial charge in [-0.25, -0.2) is 17.5 Å². The summed E-state index contributed by atoms with van der Waals surface area (Å²) in [6.07, 6.45) is -0.354. The number of anilines is 1. The Morgan fingerprint density at radius 2 is 2.05 bits per heavy atom. The summed E-state index contributed by atoms with van der Waals surface area (Å²) in [5.74, 6) is -0.692. The predicted octanol–water partition coefficient (Wildman–Crippen LogP) is 1.61. The minimum atomic E-state index is -3.83. The molecule has 0 spiro atoms. The Balaban J connectivity index is 3.04. The van der Waals surface area contributed by atoms with E-state index < -0.39 is 28.0 Å². The van der Waals surface area contributed by atoms with E-state index in [1.165, 1.54) is 0 Å². The van der Waals surface area contributed by atoms with Crippen molar-refractivity contribution in [1.82, 2.24) is 4.72 Å². The maximum atomic E-state index is 13.2. The number of aliphatic hydroxyl groups is 1. The summed E-state index contributed by atoms with van der Waals surface area (Å²) in [7, 11) is -3.83. The smallest absolute Gasteiger partial charge is 0.242 e. The Hall–Kier alpha value is -0.700. The molecule has 4 N–H and O–H groups in total. The van der Waals surface area contributed by atoms with Gasteiger partial charge in [0.2, 0.25) is 10.0 Å². The SMILES string of the molecule is CC(O)CC(C)NS(=O)(=O)c1cc(N)c(F)cc1Br. The molecule has 0 fully saturated rings. The molecule has 0 heterocycles. The molecule has 0 radical (unpaired) electrons. The first-order chi connectivity index (χ1) is 8.63. The molecule has 5 nitrogen and oxygen atoms in total. The summed E-state index contributed by atoms with van der Waals surface area (Å²) in [5.41, 5.74) is 5.13. The van der Waals surface area contributed by atoms with Crippen molar-refractivity contribution in [3.05, 3.63) is 22.4 Å². The summed E-state index contributed by atoms with van der Waals surface area (Å²) in [6, 6.07) is 1.60. The lowest BCUT2D eigenvalue weighted by Crippen LogP contribution is -2.34. The van der Waals surface area contributed by atoms with Crippen molar-refractivity contribution in [2.24, 2.45) is 0 Å². The van der Waals surface area contributed by atoms with Crippen molar-refractivity contribution in [2.75, 3.05) is 5.73 Å². The zero-order valence-electron chi connectivity index (χ0n) is 10.5. The summed E-state index contributed by atoms with van der Waals surface area (Å²) in [4.78, 5) is -0.135. The lowest BCUT2D eigenvalue weighted by Gasteiger charge is -2.16. The van der Waals surface area contributed by atoms with Crippen LogP contribution < -0.4 is 10.5 Å². The van der Waals surface area contributed by atoms with E-state index in [1.54, 1.807) is 13.8 Å². The van der Waals surface area contributed by atoms with Crippen molar-refractivity contribution in [1.29, 1.82) is 0 Å². The van der Waals surface area contributed by atoms with Crippen molar-refractivity contribution in [3.8, 4) is 0 Å². The van der Waals surface area contributed by atoms with Crippen LogP contribution in [0.1, 0.15) is 20.3 Å². The van der Waals surface area contributed by atoms with Gasteiger partial charge in [0.25, 0.3) is 0 Å². The fraction of sp³-hybridized carbons (Fsp3) is 0.455. The molecule has 0 bridgehead atoms. The minimum Gasteiger partial charge on any atom is -0.396 e. The Kier molecular flexibility index (Phi) is 5.31. The Morgan fingerprint density at radius 3 is 2.58 bits per heavy atom. The fourth-order valence-corrected chi connectivity index (χ4v) is 3.94. The van der Waals surface area contributed by atoms with Crippen LogP contribution in [0.5, 0.6) is 0 Å². The number of benzene rings is 1. The maximum absolute atomic E-state index is 13.2. The number of rotatable bonds is 5. The number of nitrogens with two attached hydrogens (primary N) is 1. The highest BCUT2D eigenvalue weighted by molar-refractivity contribution is 9.10. The summed E-state index contributed by atoms with van der Waals surface area (Å²) in [6.45, 7) is 3.20. The monoisotopic (exact) mass is 354 g/mol. The van der Waals surface area contributed by atoms with Crippen LogP contribution in [0.2, 0.25) is 0 Å². The van der Waals surface area contributed by atoms with Gasteiger partial charge in [-0.1, -0.05) is 0 Å². The highest BCUT2D eigenvalue weighted by Gasteiger charge is 2.22. The number of hydrogen-bond donors (Lipinski definition) is 3. The molecule has 1 aromatic carbocycles. The van der Waals surface area contributed by atoms with Crippen LogP contribution in [-0.2, 0) is 10.0 Å². The molecular formula is C11H16BrFN2O3S. The van der Waals surface area contributed by atoms with Crippen LogP contribution in [0.4, 0.5) is 10.1 Å². The minimum absolute atomic E-state index is 0.0935. The maximum Gasteiger partial charge on any atom is 0.242 e. The average molecular weight is 355 g/mol. The van der Waals surface area contributed by atoms with Gasteiger partial charge >= 0.3 is 0 Å². The number of nitrogens with one attached hydrogen (secondary N) is 1. The zero-order chi connectivity index (χ0) is 14.8. The number of aliphatic hydroxyl groups excluding tert-OH is 1. The van der Waals surface area contributed by atoms with Crippen LogP contribution in [0.25, 0.3) is 0 Å². The van der Waals surface area contributed by atoms with Crippen LogP contribution in [0, 0.1) is 5.82 Å². The predicted molar refractivity (Wildman–Crippen MR) is 74.6 cm³/mol.